The Bertz CT molecular complexity index is 562. The number of rotatable bonds is 9. The molecule has 1 aromatic rings. The lowest BCUT2D eigenvalue weighted by molar-refractivity contribution is -0.111. The number of anilines is 1. The summed E-state index contributed by atoms with van der Waals surface area (Å²) in [6, 6.07) is 7.09. The second-order valence-corrected chi connectivity index (χ2v) is 5.79. The third-order valence-electron chi connectivity index (χ3n) is 3.37. The zero-order valence-corrected chi connectivity index (χ0v) is 15.0. The standard InChI is InChI=1S/C19H28N2O3/c1-5-15(6-2)7-12-19(23)20-16-8-10-18(11-9-16)24-14-17(22)13-21(3)4/h5,7-12,17,22H,6,13-14H2,1-4H3,(H,20,23). The number of amides is 1. The zero-order chi connectivity index (χ0) is 17.9. The number of hydrogen-bond acceptors (Lipinski definition) is 4. The summed E-state index contributed by atoms with van der Waals surface area (Å²) in [6.45, 7) is 4.78. The quantitative estimate of drug-likeness (QED) is 0.539. The van der Waals surface area contributed by atoms with Gasteiger partial charge < -0.3 is 20.1 Å². The van der Waals surface area contributed by atoms with Gasteiger partial charge in [-0.3, -0.25) is 4.79 Å². The van der Waals surface area contributed by atoms with Crippen LogP contribution in [-0.4, -0.2) is 49.3 Å². The average molecular weight is 332 g/mol. The second kappa shape index (κ2) is 10.6. The maximum absolute atomic E-state index is 11.9. The molecule has 0 spiro atoms. The molecule has 0 heterocycles. The van der Waals surface area contributed by atoms with Crippen molar-refractivity contribution in [2.24, 2.45) is 0 Å². The van der Waals surface area contributed by atoms with Crippen molar-refractivity contribution >= 4 is 11.6 Å². The normalized spacial score (nSPS) is 13.3. The molecule has 0 aliphatic carbocycles. The fourth-order valence-corrected chi connectivity index (χ4v) is 2.09. The van der Waals surface area contributed by atoms with Gasteiger partial charge in [0, 0.05) is 18.3 Å². The highest BCUT2D eigenvalue weighted by Gasteiger charge is 2.06. The van der Waals surface area contributed by atoms with Crippen molar-refractivity contribution in [1.29, 1.82) is 0 Å². The lowest BCUT2D eigenvalue weighted by Gasteiger charge is -2.16. The molecule has 24 heavy (non-hydrogen) atoms. The molecule has 1 unspecified atom stereocenters. The number of aliphatic hydroxyl groups excluding tert-OH is 1. The van der Waals surface area contributed by atoms with Gasteiger partial charge in [-0.05, 0) is 51.7 Å². The molecule has 5 nitrogen and oxygen atoms in total. The Morgan fingerprint density at radius 2 is 1.96 bits per heavy atom. The van der Waals surface area contributed by atoms with E-state index in [-0.39, 0.29) is 12.5 Å². The summed E-state index contributed by atoms with van der Waals surface area (Å²) in [4.78, 5) is 13.8. The van der Waals surface area contributed by atoms with E-state index in [4.69, 9.17) is 4.74 Å². The van der Waals surface area contributed by atoms with Gasteiger partial charge in [-0.15, -0.1) is 0 Å². The van der Waals surface area contributed by atoms with E-state index in [9.17, 15) is 9.90 Å². The van der Waals surface area contributed by atoms with Gasteiger partial charge >= 0.3 is 0 Å². The Kier molecular flexibility index (Phi) is 8.83. The summed E-state index contributed by atoms with van der Waals surface area (Å²) in [5.74, 6) is 0.487. The molecule has 0 saturated carbocycles. The first-order chi connectivity index (χ1) is 11.4. The Balaban J connectivity index is 2.48. The van der Waals surface area contributed by atoms with Crippen molar-refractivity contribution in [3.8, 4) is 5.75 Å². The van der Waals surface area contributed by atoms with Crippen LogP contribution in [0.3, 0.4) is 0 Å². The molecule has 0 aliphatic heterocycles. The van der Waals surface area contributed by atoms with Crippen molar-refractivity contribution in [2.75, 3.05) is 32.6 Å². The van der Waals surface area contributed by atoms with Gasteiger partial charge in [0.05, 0.1) is 0 Å². The number of ether oxygens (including phenoxy) is 1. The van der Waals surface area contributed by atoms with Gasteiger partial charge in [-0.25, -0.2) is 0 Å². The van der Waals surface area contributed by atoms with Crippen molar-refractivity contribution in [1.82, 2.24) is 4.90 Å². The van der Waals surface area contributed by atoms with Gasteiger partial charge in [-0.2, -0.15) is 0 Å². The van der Waals surface area contributed by atoms with Gasteiger partial charge in [0.15, 0.2) is 0 Å². The van der Waals surface area contributed by atoms with Crippen LogP contribution in [0.2, 0.25) is 0 Å². The molecule has 2 N–H and O–H groups in total. The van der Waals surface area contributed by atoms with E-state index in [0.717, 1.165) is 12.0 Å². The topological polar surface area (TPSA) is 61.8 Å². The molecule has 5 heteroatoms. The number of nitrogens with zero attached hydrogens (tertiary/aromatic N) is 1. The predicted molar refractivity (Wildman–Crippen MR) is 98.3 cm³/mol. The average Bonchev–Trinajstić information content (AvgIpc) is 2.54. The summed E-state index contributed by atoms with van der Waals surface area (Å²) >= 11 is 0. The van der Waals surface area contributed by atoms with Crippen molar-refractivity contribution in [2.45, 2.75) is 26.4 Å². The molecular formula is C19H28N2O3. The van der Waals surface area contributed by atoms with Crippen LogP contribution in [0.25, 0.3) is 0 Å². The molecule has 0 bridgehead atoms. The van der Waals surface area contributed by atoms with Crippen LogP contribution in [0.5, 0.6) is 5.75 Å². The molecule has 0 fully saturated rings. The van der Waals surface area contributed by atoms with Gasteiger partial charge in [0.1, 0.15) is 18.5 Å². The maximum atomic E-state index is 11.9. The largest absolute Gasteiger partial charge is 0.491 e. The van der Waals surface area contributed by atoms with Gasteiger partial charge in [-0.1, -0.05) is 24.6 Å². The van der Waals surface area contributed by atoms with Crippen molar-refractivity contribution in [3.63, 3.8) is 0 Å². The maximum Gasteiger partial charge on any atom is 0.248 e. The van der Waals surface area contributed by atoms with Crippen LogP contribution in [-0.2, 0) is 4.79 Å². The Hall–Kier alpha value is -2.11. The van der Waals surface area contributed by atoms with E-state index in [2.05, 4.69) is 5.32 Å². The van der Waals surface area contributed by atoms with Crippen LogP contribution in [0.1, 0.15) is 20.3 Å². The van der Waals surface area contributed by atoms with Crippen LogP contribution in [0.15, 0.2) is 48.1 Å². The SMILES string of the molecule is CC=C(C=CC(=O)Nc1ccc(OCC(O)CN(C)C)cc1)CC. The monoisotopic (exact) mass is 332 g/mol. The number of likely N-dealkylation sites (N-methyl/N-ethyl adjacent to an activating group) is 1. The van der Waals surface area contributed by atoms with Gasteiger partial charge in [0.25, 0.3) is 0 Å². The minimum Gasteiger partial charge on any atom is -0.491 e. The van der Waals surface area contributed by atoms with E-state index in [1.165, 1.54) is 6.08 Å². The number of benzene rings is 1. The molecule has 0 aliphatic rings. The highest BCUT2D eigenvalue weighted by atomic mass is 16.5. The Labute approximate surface area is 144 Å². The smallest absolute Gasteiger partial charge is 0.248 e. The van der Waals surface area contributed by atoms with Crippen LogP contribution in [0, 0.1) is 0 Å². The van der Waals surface area contributed by atoms with E-state index in [1.807, 2.05) is 45.0 Å². The first-order valence-corrected chi connectivity index (χ1v) is 8.14. The molecule has 0 saturated heterocycles. The molecule has 1 amide bonds. The lowest BCUT2D eigenvalue weighted by Crippen LogP contribution is -2.30. The van der Waals surface area contributed by atoms with Gasteiger partial charge in [0.2, 0.25) is 5.91 Å². The Morgan fingerprint density at radius 1 is 1.29 bits per heavy atom. The third-order valence-corrected chi connectivity index (χ3v) is 3.37. The summed E-state index contributed by atoms with van der Waals surface area (Å²) < 4.78 is 5.53. The van der Waals surface area contributed by atoms with Crippen molar-refractivity contribution in [3.05, 3.63) is 48.1 Å². The fraction of sp³-hybridized carbons (Fsp3) is 0.421. The second-order valence-electron chi connectivity index (χ2n) is 5.79. The number of aliphatic hydroxyl groups is 1. The minimum absolute atomic E-state index is 0.169. The fourth-order valence-electron chi connectivity index (χ4n) is 2.09. The van der Waals surface area contributed by atoms with Crippen molar-refractivity contribution < 1.29 is 14.6 Å². The molecule has 1 aromatic carbocycles. The number of nitrogens with one attached hydrogen (secondary N) is 1. The number of carbonyl (C=O) groups excluding carboxylic acids is 1. The molecule has 0 radical (unpaired) electrons. The first kappa shape index (κ1) is 19.9. The first-order valence-electron chi connectivity index (χ1n) is 8.14. The highest BCUT2D eigenvalue weighted by molar-refractivity contribution is 5.99. The lowest BCUT2D eigenvalue weighted by atomic mass is 10.2. The van der Waals surface area contributed by atoms with E-state index >= 15 is 0 Å². The highest BCUT2D eigenvalue weighted by Crippen LogP contribution is 2.16. The number of carbonyl (C=O) groups is 1. The molecule has 1 atom stereocenters. The summed E-state index contributed by atoms with van der Waals surface area (Å²) in [5, 5.41) is 12.6. The van der Waals surface area contributed by atoms with Crippen LogP contribution in [0.4, 0.5) is 5.69 Å². The molecular weight excluding hydrogens is 304 g/mol. The van der Waals surface area contributed by atoms with Crippen LogP contribution < -0.4 is 10.1 Å². The number of hydrogen-bond donors (Lipinski definition) is 2. The minimum atomic E-state index is -0.538. The number of allylic oxidation sites excluding steroid dienone is 3. The summed E-state index contributed by atoms with van der Waals surface area (Å²) in [6.07, 6.45) is 5.69. The molecule has 0 aromatic heterocycles. The van der Waals surface area contributed by atoms with E-state index < -0.39 is 6.10 Å². The van der Waals surface area contributed by atoms with Crippen LogP contribution >= 0.6 is 0 Å². The predicted octanol–water partition coefficient (Wildman–Crippen LogP) is 2.84. The molecule has 1 rings (SSSR count). The van der Waals surface area contributed by atoms with E-state index in [1.54, 1.807) is 24.3 Å². The third kappa shape index (κ3) is 7.94. The Morgan fingerprint density at radius 3 is 2.50 bits per heavy atom. The summed E-state index contributed by atoms with van der Waals surface area (Å²) in [7, 11) is 3.80. The molecule has 132 valence electrons. The zero-order valence-electron chi connectivity index (χ0n) is 15.0. The summed E-state index contributed by atoms with van der Waals surface area (Å²) in [5.41, 5.74) is 1.81. The van der Waals surface area contributed by atoms with E-state index in [0.29, 0.717) is 18.0 Å².